The first-order valence-electron chi connectivity index (χ1n) is 4.92. The topological polar surface area (TPSA) is 66.6 Å². The second kappa shape index (κ2) is 3.27. The Labute approximate surface area is 77.7 Å². The van der Waals surface area contributed by atoms with Crippen LogP contribution in [-0.2, 0) is 4.79 Å². The van der Waals surface area contributed by atoms with Gasteiger partial charge in [0.1, 0.15) is 6.04 Å². The lowest BCUT2D eigenvalue weighted by molar-refractivity contribution is -0.139. The number of rotatable bonds is 3. The molecule has 0 saturated carbocycles. The van der Waals surface area contributed by atoms with Gasteiger partial charge in [0.25, 0.3) is 0 Å². The minimum Gasteiger partial charge on any atom is -0.480 e. The number of nitrogens with zero attached hydrogens (tertiary/aromatic N) is 1. The molecule has 2 aliphatic rings. The fourth-order valence-corrected chi connectivity index (χ4v) is 2.62. The fraction of sp³-hybridized carbons (Fsp3) is 0.889. The zero-order valence-electron chi connectivity index (χ0n) is 7.65. The van der Waals surface area contributed by atoms with Crippen LogP contribution in [0.15, 0.2) is 0 Å². The zero-order chi connectivity index (χ0) is 9.42. The molecule has 3 N–H and O–H groups in total. The summed E-state index contributed by atoms with van der Waals surface area (Å²) in [6.07, 6.45) is 4.93. The standard InChI is InChI=1S/C9H16N2O2/c10-8(9(12)13)5-11-6-1-2-7(11)4-3-6/h6-8H,1-5,10H2,(H,12,13). The van der Waals surface area contributed by atoms with Crippen molar-refractivity contribution in [2.24, 2.45) is 5.73 Å². The highest BCUT2D eigenvalue weighted by Gasteiger charge is 2.40. The predicted octanol–water partition coefficient (Wildman–Crippen LogP) is 0.0251. The molecule has 74 valence electrons. The molecule has 2 fully saturated rings. The maximum Gasteiger partial charge on any atom is 0.321 e. The third-order valence-corrected chi connectivity index (χ3v) is 3.33. The van der Waals surface area contributed by atoms with Gasteiger partial charge in [-0.2, -0.15) is 0 Å². The smallest absolute Gasteiger partial charge is 0.321 e. The predicted molar refractivity (Wildman–Crippen MR) is 48.4 cm³/mol. The van der Waals surface area contributed by atoms with E-state index in [0.29, 0.717) is 18.6 Å². The third kappa shape index (κ3) is 1.56. The van der Waals surface area contributed by atoms with Crippen molar-refractivity contribution in [2.45, 2.75) is 43.8 Å². The van der Waals surface area contributed by atoms with Gasteiger partial charge >= 0.3 is 5.97 Å². The normalized spacial score (nSPS) is 35.2. The number of nitrogens with two attached hydrogens (primary N) is 1. The molecule has 0 amide bonds. The summed E-state index contributed by atoms with van der Waals surface area (Å²) in [5.41, 5.74) is 5.51. The van der Waals surface area contributed by atoms with Gasteiger partial charge in [-0.05, 0) is 25.7 Å². The molecule has 2 heterocycles. The van der Waals surface area contributed by atoms with Gasteiger partial charge in [0.2, 0.25) is 0 Å². The maximum absolute atomic E-state index is 10.6. The summed E-state index contributed by atoms with van der Waals surface area (Å²) in [6.45, 7) is 0.532. The van der Waals surface area contributed by atoms with Crippen LogP contribution in [0.3, 0.4) is 0 Å². The second-order valence-electron chi connectivity index (χ2n) is 4.10. The van der Waals surface area contributed by atoms with Gasteiger partial charge in [-0.25, -0.2) is 0 Å². The minimum absolute atomic E-state index is 0.532. The summed E-state index contributed by atoms with van der Waals surface area (Å²) < 4.78 is 0. The lowest BCUT2D eigenvalue weighted by Crippen LogP contribution is -2.44. The molecule has 0 aromatic rings. The lowest BCUT2D eigenvalue weighted by atomic mass is 10.0. The van der Waals surface area contributed by atoms with Gasteiger partial charge in [-0.3, -0.25) is 9.69 Å². The molecule has 0 spiro atoms. The second-order valence-corrected chi connectivity index (χ2v) is 4.10. The molecule has 1 unspecified atom stereocenters. The molecule has 2 aliphatic heterocycles. The average molecular weight is 184 g/mol. The molecule has 4 nitrogen and oxygen atoms in total. The van der Waals surface area contributed by atoms with Crippen molar-refractivity contribution >= 4 is 5.97 Å². The Morgan fingerprint density at radius 3 is 2.23 bits per heavy atom. The molecule has 13 heavy (non-hydrogen) atoms. The van der Waals surface area contributed by atoms with Crippen LogP contribution >= 0.6 is 0 Å². The number of hydrogen-bond donors (Lipinski definition) is 2. The summed E-state index contributed by atoms with van der Waals surface area (Å²) in [4.78, 5) is 12.9. The van der Waals surface area contributed by atoms with Crippen molar-refractivity contribution in [3.05, 3.63) is 0 Å². The molecule has 0 radical (unpaired) electrons. The molecule has 1 atom stereocenters. The first-order valence-corrected chi connectivity index (χ1v) is 4.92. The van der Waals surface area contributed by atoms with E-state index in [4.69, 9.17) is 10.8 Å². The number of fused-ring (bicyclic) bond motifs is 2. The van der Waals surface area contributed by atoms with Crippen LogP contribution in [0.25, 0.3) is 0 Å². The Morgan fingerprint density at radius 1 is 1.38 bits per heavy atom. The summed E-state index contributed by atoms with van der Waals surface area (Å²) >= 11 is 0. The highest BCUT2D eigenvalue weighted by Crippen LogP contribution is 2.36. The van der Waals surface area contributed by atoms with E-state index in [9.17, 15) is 4.79 Å². The van der Waals surface area contributed by atoms with Crippen molar-refractivity contribution in [2.75, 3.05) is 6.54 Å². The van der Waals surface area contributed by atoms with Crippen LogP contribution in [0.4, 0.5) is 0 Å². The van der Waals surface area contributed by atoms with Crippen molar-refractivity contribution in [1.29, 1.82) is 0 Å². The molecule has 2 rings (SSSR count). The van der Waals surface area contributed by atoms with E-state index in [1.807, 2.05) is 0 Å². The van der Waals surface area contributed by atoms with Crippen molar-refractivity contribution in [1.82, 2.24) is 4.90 Å². The zero-order valence-corrected chi connectivity index (χ0v) is 7.65. The van der Waals surface area contributed by atoms with E-state index in [-0.39, 0.29) is 0 Å². The first kappa shape index (κ1) is 8.97. The minimum atomic E-state index is -0.883. The quantitative estimate of drug-likeness (QED) is 0.649. The van der Waals surface area contributed by atoms with Crippen LogP contribution in [0.1, 0.15) is 25.7 Å². The number of carboxylic acid groups (broad SMARTS) is 1. The van der Waals surface area contributed by atoms with Gasteiger partial charge in [0.15, 0.2) is 0 Å². The summed E-state index contributed by atoms with van der Waals surface area (Å²) in [7, 11) is 0. The maximum atomic E-state index is 10.6. The van der Waals surface area contributed by atoms with Crippen LogP contribution < -0.4 is 5.73 Å². The number of carboxylic acids is 1. The van der Waals surface area contributed by atoms with Gasteiger partial charge < -0.3 is 10.8 Å². The highest BCUT2D eigenvalue weighted by atomic mass is 16.4. The Hall–Kier alpha value is -0.610. The molecule has 2 bridgehead atoms. The lowest BCUT2D eigenvalue weighted by Gasteiger charge is -2.23. The van der Waals surface area contributed by atoms with Crippen molar-refractivity contribution in [3.8, 4) is 0 Å². The average Bonchev–Trinajstić information content (AvgIpc) is 2.65. The molecule has 0 aromatic heterocycles. The van der Waals surface area contributed by atoms with Gasteiger partial charge in [-0.1, -0.05) is 0 Å². The Bertz CT molecular complexity index is 200. The monoisotopic (exact) mass is 184 g/mol. The van der Waals surface area contributed by atoms with E-state index in [1.165, 1.54) is 25.7 Å². The molecular formula is C9H16N2O2. The van der Waals surface area contributed by atoms with Crippen LogP contribution in [0.5, 0.6) is 0 Å². The molecule has 4 heteroatoms. The van der Waals surface area contributed by atoms with Crippen molar-refractivity contribution in [3.63, 3.8) is 0 Å². The van der Waals surface area contributed by atoms with E-state index in [2.05, 4.69) is 4.90 Å². The highest BCUT2D eigenvalue weighted by molar-refractivity contribution is 5.73. The molecule has 0 aromatic carbocycles. The van der Waals surface area contributed by atoms with Crippen LogP contribution in [0.2, 0.25) is 0 Å². The molecule has 0 aliphatic carbocycles. The molecule has 2 saturated heterocycles. The number of hydrogen-bond acceptors (Lipinski definition) is 3. The Balaban J connectivity index is 1.92. The molecular weight excluding hydrogens is 168 g/mol. The van der Waals surface area contributed by atoms with E-state index in [0.717, 1.165) is 0 Å². The third-order valence-electron chi connectivity index (χ3n) is 3.33. The van der Waals surface area contributed by atoms with Crippen LogP contribution in [-0.4, -0.2) is 40.6 Å². The number of carbonyl (C=O) groups is 1. The SMILES string of the molecule is NC(CN1C2CCC1CC2)C(=O)O. The number of aliphatic carboxylic acids is 1. The van der Waals surface area contributed by atoms with Gasteiger partial charge in [0, 0.05) is 18.6 Å². The Morgan fingerprint density at radius 2 is 1.85 bits per heavy atom. The summed E-state index contributed by atoms with van der Waals surface area (Å²) in [5.74, 6) is -0.883. The summed E-state index contributed by atoms with van der Waals surface area (Å²) in [5, 5.41) is 8.68. The largest absolute Gasteiger partial charge is 0.480 e. The van der Waals surface area contributed by atoms with E-state index in [1.54, 1.807) is 0 Å². The van der Waals surface area contributed by atoms with Crippen LogP contribution in [0, 0.1) is 0 Å². The Kier molecular flexibility index (Phi) is 2.26. The van der Waals surface area contributed by atoms with Gasteiger partial charge in [-0.15, -0.1) is 0 Å². The van der Waals surface area contributed by atoms with Crippen molar-refractivity contribution < 1.29 is 9.90 Å². The van der Waals surface area contributed by atoms with E-state index >= 15 is 0 Å². The summed E-state index contributed by atoms with van der Waals surface area (Å²) in [6, 6.07) is 0.534. The fourth-order valence-electron chi connectivity index (χ4n) is 2.62. The van der Waals surface area contributed by atoms with E-state index < -0.39 is 12.0 Å². The first-order chi connectivity index (χ1) is 6.18. The van der Waals surface area contributed by atoms with Gasteiger partial charge in [0.05, 0.1) is 0 Å².